The molecule has 0 N–H and O–H groups in total. The van der Waals surface area contributed by atoms with E-state index in [-0.39, 0.29) is 5.41 Å². The molecule has 0 radical (unpaired) electrons. The van der Waals surface area contributed by atoms with Crippen molar-refractivity contribution in [2.45, 2.75) is 44.9 Å². The fraction of sp³-hybridized carbons (Fsp3) is 0.226. The molecule has 0 atom stereocenters. The van der Waals surface area contributed by atoms with Gasteiger partial charge in [-0.1, -0.05) is 113 Å². The lowest BCUT2D eigenvalue weighted by Gasteiger charge is -2.31. The predicted octanol–water partition coefficient (Wildman–Crippen LogP) is 8.28. The minimum Gasteiger partial charge on any atom is -0.0619 e. The average Bonchev–Trinajstić information content (AvgIpc) is 3.25. The molecular formula is C31H28. The molecule has 2 aliphatic carbocycles. The van der Waals surface area contributed by atoms with Crippen LogP contribution in [0, 0.1) is 0 Å². The van der Waals surface area contributed by atoms with Gasteiger partial charge in [-0.25, -0.2) is 0 Å². The Morgan fingerprint density at radius 2 is 0.935 bits per heavy atom. The lowest BCUT2D eigenvalue weighted by molar-refractivity contribution is 0.782. The van der Waals surface area contributed by atoms with Gasteiger partial charge in [-0.05, 0) is 67.5 Å². The molecule has 0 heterocycles. The molecule has 152 valence electrons. The van der Waals surface area contributed by atoms with Gasteiger partial charge in [-0.2, -0.15) is 0 Å². The smallest absolute Gasteiger partial charge is 0.0619 e. The highest BCUT2D eigenvalue weighted by molar-refractivity contribution is 5.95. The van der Waals surface area contributed by atoms with E-state index in [2.05, 4.69) is 113 Å². The van der Waals surface area contributed by atoms with E-state index < -0.39 is 0 Å². The zero-order chi connectivity index (χ0) is 21.3. The van der Waals surface area contributed by atoms with E-state index in [9.17, 15) is 0 Å². The van der Waals surface area contributed by atoms with Gasteiger partial charge in [0.05, 0.1) is 5.41 Å². The lowest BCUT2D eigenvalue weighted by atomic mass is 9.70. The molecule has 0 bridgehead atoms. The quantitative estimate of drug-likeness (QED) is 0.274. The molecule has 0 aliphatic heterocycles. The Hall–Kier alpha value is -3.12. The molecule has 0 nitrogen and oxygen atoms in total. The summed E-state index contributed by atoms with van der Waals surface area (Å²) in [5.41, 5.74) is 13.9. The van der Waals surface area contributed by atoms with Crippen molar-refractivity contribution in [3.63, 3.8) is 0 Å². The van der Waals surface area contributed by atoms with Crippen LogP contribution in [0.5, 0.6) is 0 Å². The summed E-state index contributed by atoms with van der Waals surface area (Å²) in [4.78, 5) is 0. The molecule has 0 fully saturated rings. The van der Waals surface area contributed by atoms with E-state index >= 15 is 0 Å². The van der Waals surface area contributed by atoms with Crippen molar-refractivity contribution in [2.75, 3.05) is 0 Å². The second-order valence-electron chi connectivity index (χ2n) is 9.76. The Morgan fingerprint density at radius 3 is 1.55 bits per heavy atom. The van der Waals surface area contributed by atoms with Crippen LogP contribution in [-0.2, 0) is 5.41 Å². The first-order valence-electron chi connectivity index (χ1n) is 11.5. The molecule has 4 aromatic carbocycles. The standard InChI is InChI=1S/C31H28/c1-19(2)21-14-16-29-26(17-21)25-15-13-22(20(3)4)18-30(25)31(29)27-11-7-5-9-23(27)24-10-6-8-12-28(24)31/h5-20H,1-4H3. The summed E-state index contributed by atoms with van der Waals surface area (Å²) in [6.07, 6.45) is 0. The number of hydrogen-bond donors (Lipinski definition) is 0. The number of hydrogen-bond acceptors (Lipinski definition) is 0. The molecule has 0 saturated carbocycles. The highest BCUT2D eigenvalue weighted by Crippen LogP contribution is 2.63. The van der Waals surface area contributed by atoms with Gasteiger partial charge in [0, 0.05) is 0 Å². The highest BCUT2D eigenvalue weighted by atomic mass is 14.5. The Balaban J connectivity index is 1.80. The van der Waals surface area contributed by atoms with E-state index in [1.54, 1.807) is 0 Å². The number of benzene rings is 4. The largest absolute Gasteiger partial charge is 0.0725 e. The zero-order valence-corrected chi connectivity index (χ0v) is 18.7. The number of fused-ring (bicyclic) bond motifs is 10. The van der Waals surface area contributed by atoms with E-state index in [0.717, 1.165) is 0 Å². The van der Waals surface area contributed by atoms with Gasteiger partial charge in [0.2, 0.25) is 0 Å². The minimum atomic E-state index is -0.224. The minimum absolute atomic E-state index is 0.224. The Kier molecular flexibility index (Phi) is 3.87. The summed E-state index contributed by atoms with van der Waals surface area (Å²) in [6, 6.07) is 32.5. The summed E-state index contributed by atoms with van der Waals surface area (Å²) < 4.78 is 0. The first-order valence-corrected chi connectivity index (χ1v) is 11.5. The monoisotopic (exact) mass is 400 g/mol. The maximum atomic E-state index is 2.49. The molecule has 0 aromatic heterocycles. The molecule has 1 spiro atoms. The van der Waals surface area contributed by atoms with Gasteiger partial charge in [0.25, 0.3) is 0 Å². The van der Waals surface area contributed by atoms with Crippen LogP contribution >= 0.6 is 0 Å². The van der Waals surface area contributed by atoms with Crippen LogP contribution in [0.15, 0.2) is 84.9 Å². The van der Waals surface area contributed by atoms with Crippen molar-refractivity contribution in [3.8, 4) is 22.3 Å². The second kappa shape index (κ2) is 6.44. The fourth-order valence-corrected chi connectivity index (χ4v) is 5.90. The Labute approximate surface area is 185 Å². The van der Waals surface area contributed by atoms with Crippen LogP contribution in [0.25, 0.3) is 22.3 Å². The Bertz CT molecular complexity index is 1290. The van der Waals surface area contributed by atoms with Crippen molar-refractivity contribution < 1.29 is 0 Å². The van der Waals surface area contributed by atoms with Crippen molar-refractivity contribution in [3.05, 3.63) is 118 Å². The van der Waals surface area contributed by atoms with Gasteiger partial charge < -0.3 is 0 Å². The van der Waals surface area contributed by atoms with Crippen molar-refractivity contribution in [2.24, 2.45) is 0 Å². The van der Waals surface area contributed by atoms with Crippen LogP contribution in [0.4, 0.5) is 0 Å². The van der Waals surface area contributed by atoms with E-state index in [4.69, 9.17) is 0 Å². The average molecular weight is 401 g/mol. The summed E-state index contributed by atoms with van der Waals surface area (Å²) in [6.45, 7) is 9.17. The van der Waals surface area contributed by atoms with Crippen LogP contribution in [0.1, 0.15) is 72.9 Å². The van der Waals surface area contributed by atoms with Crippen LogP contribution < -0.4 is 0 Å². The first-order chi connectivity index (χ1) is 15.0. The maximum Gasteiger partial charge on any atom is 0.0725 e. The van der Waals surface area contributed by atoms with E-state index in [0.29, 0.717) is 11.8 Å². The van der Waals surface area contributed by atoms with Gasteiger partial charge >= 0.3 is 0 Å². The van der Waals surface area contributed by atoms with E-state index in [1.165, 1.54) is 55.6 Å². The lowest BCUT2D eigenvalue weighted by Crippen LogP contribution is -2.26. The molecule has 0 unspecified atom stereocenters. The molecule has 31 heavy (non-hydrogen) atoms. The van der Waals surface area contributed by atoms with Gasteiger partial charge in [-0.15, -0.1) is 0 Å². The van der Waals surface area contributed by atoms with Crippen molar-refractivity contribution in [1.82, 2.24) is 0 Å². The number of rotatable bonds is 2. The van der Waals surface area contributed by atoms with Crippen LogP contribution in [0.3, 0.4) is 0 Å². The van der Waals surface area contributed by atoms with Gasteiger partial charge in [0.1, 0.15) is 0 Å². The molecule has 4 aromatic rings. The molecule has 0 heteroatoms. The molecule has 0 saturated heterocycles. The fourth-order valence-electron chi connectivity index (χ4n) is 5.90. The second-order valence-corrected chi connectivity index (χ2v) is 9.76. The summed E-state index contributed by atoms with van der Waals surface area (Å²) in [5.74, 6) is 1.02. The van der Waals surface area contributed by atoms with Gasteiger partial charge in [0.15, 0.2) is 0 Å². The van der Waals surface area contributed by atoms with Crippen LogP contribution in [-0.4, -0.2) is 0 Å². The topological polar surface area (TPSA) is 0 Å². The third-order valence-electron chi connectivity index (χ3n) is 7.47. The van der Waals surface area contributed by atoms with Crippen molar-refractivity contribution >= 4 is 0 Å². The third kappa shape index (κ3) is 2.31. The third-order valence-corrected chi connectivity index (χ3v) is 7.47. The SMILES string of the molecule is CC(C)c1ccc2c(c1)-c1ccc(C(C)C)cc1C21c2ccccc2-c2ccccc21. The molecule has 0 amide bonds. The molecular weight excluding hydrogens is 372 g/mol. The van der Waals surface area contributed by atoms with Crippen LogP contribution in [0.2, 0.25) is 0 Å². The first kappa shape index (κ1) is 18.6. The normalized spacial score (nSPS) is 14.6. The highest BCUT2D eigenvalue weighted by Gasteiger charge is 2.51. The van der Waals surface area contributed by atoms with Gasteiger partial charge in [-0.3, -0.25) is 0 Å². The predicted molar refractivity (Wildman–Crippen MR) is 131 cm³/mol. The maximum absolute atomic E-state index is 2.49. The molecule has 6 rings (SSSR count). The van der Waals surface area contributed by atoms with Crippen molar-refractivity contribution in [1.29, 1.82) is 0 Å². The summed E-state index contributed by atoms with van der Waals surface area (Å²) >= 11 is 0. The zero-order valence-electron chi connectivity index (χ0n) is 18.7. The molecule has 2 aliphatic rings. The van der Waals surface area contributed by atoms with E-state index in [1.807, 2.05) is 0 Å². The Morgan fingerprint density at radius 1 is 0.452 bits per heavy atom. The summed E-state index contributed by atoms with van der Waals surface area (Å²) in [5, 5.41) is 0. The summed E-state index contributed by atoms with van der Waals surface area (Å²) in [7, 11) is 0.